The third-order valence-electron chi connectivity index (χ3n) is 6.27. The van der Waals surface area contributed by atoms with Crippen LogP contribution in [0.1, 0.15) is 27.2 Å². The van der Waals surface area contributed by atoms with Gasteiger partial charge in [-0.1, -0.05) is 0 Å². The van der Waals surface area contributed by atoms with Gasteiger partial charge in [-0.05, 0) is 33.1 Å². The second kappa shape index (κ2) is 8.74. The number of ether oxygens (including phenoxy) is 1. The summed E-state index contributed by atoms with van der Waals surface area (Å²) in [4.78, 5) is 18.3. The van der Waals surface area contributed by atoms with E-state index >= 15 is 0 Å². The van der Waals surface area contributed by atoms with Crippen LogP contribution in [0.15, 0.2) is 12.7 Å². The summed E-state index contributed by atoms with van der Waals surface area (Å²) >= 11 is 0. The number of imidazole rings is 1. The summed E-state index contributed by atoms with van der Waals surface area (Å²) < 4.78 is 7.54. The Balaban J connectivity index is 1.52. The Kier molecular flexibility index (Phi) is 6.24. The van der Waals surface area contributed by atoms with Gasteiger partial charge < -0.3 is 24.4 Å². The normalized spacial score (nSPS) is 24.6. The molecule has 0 aromatic carbocycles. The van der Waals surface area contributed by atoms with E-state index in [0.717, 1.165) is 49.6 Å². The number of aromatic nitrogens is 4. The molecular formula is C21H34N6O3. The SMILES string of the molecule is CC1CN(CC(C)(C)O)CCN1c1ncnc2c1ncn2CC(CO)C1CCOC1. The Labute approximate surface area is 177 Å². The fourth-order valence-corrected chi connectivity index (χ4v) is 4.78. The first-order valence-corrected chi connectivity index (χ1v) is 10.9. The topological polar surface area (TPSA) is 99.8 Å². The molecule has 3 atom stereocenters. The molecule has 2 aliphatic rings. The number of anilines is 1. The van der Waals surface area contributed by atoms with Crippen LogP contribution in [0.2, 0.25) is 0 Å². The van der Waals surface area contributed by atoms with Crippen molar-refractivity contribution in [2.24, 2.45) is 11.8 Å². The van der Waals surface area contributed by atoms with Crippen LogP contribution in [-0.2, 0) is 11.3 Å². The van der Waals surface area contributed by atoms with Crippen LogP contribution >= 0.6 is 0 Å². The van der Waals surface area contributed by atoms with Crippen LogP contribution in [-0.4, -0.2) is 92.3 Å². The predicted octanol–water partition coefficient (Wildman–Crippen LogP) is 0.753. The summed E-state index contributed by atoms with van der Waals surface area (Å²) in [6.45, 7) is 11.4. The lowest BCUT2D eigenvalue weighted by Crippen LogP contribution is -2.55. The number of β-amino-alcohol motifs (C(OH)–C–C–N with tert-alkyl or cyclic N) is 1. The maximum Gasteiger partial charge on any atom is 0.165 e. The molecule has 2 aromatic rings. The van der Waals surface area contributed by atoms with E-state index in [-0.39, 0.29) is 18.6 Å². The quantitative estimate of drug-likeness (QED) is 0.680. The van der Waals surface area contributed by atoms with Gasteiger partial charge in [-0.15, -0.1) is 0 Å². The standard InChI is InChI=1S/C21H34N6O3/c1-15-8-25(12-21(2,3)29)5-6-27(15)20-18-19(22-13-23-20)26(14-24-18)9-17(10-28)16-4-7-30-11-16/h13-17,28-29H,4-12H2,1-3H3. The van der Waals surface area contributed by atoms with Gasteiger partial charge in [0.1, 0.15) is 6.33 Å². The second-order valence-electron chi connectivity index (χ2n) is 9.42. The minimum absolute atomic E-state index is 0.131. The van der Waals surface area contributed by atoms with Crippen molar-refractivity contribution < 1.29 is 14.9 Å². The number of piperazine rings is 1. The highest BCUT2D eigenvalue weighted by Gasteiger charge is 2.30. The average molecular weight is 419 g/mol. The molecule has 2 aromatic heterocycles. The molecule has 9 nitrogen and oxygen atoms in total. The molecule has 0 aliphatic carbocycles. The molecule has 4 heterocycles. The van der Waals surface area contributed by atoms with Crippen molar-refractivity contribution in [2.45, 2.75) is 45.4 Å². The number of rotatable bonds is 7. The summed E-state index contributed by atoms with van der Waals surface area (Å²) in [6, 6.07) is 0.255. The molecule has 2 saturated heterocycles. The molecule has 2 aliphatic heterocycles. The molecule has 3 unspecified atom stereocenters. The first-order valence-electron chi connectivity index (χ1n) is 10.9. The van der Waals surface area contributed by atoms with E-state index < -0.39 is 5.60 Å². The molecular weight excluding hydrogens is 384 g/mol. The highest BCUT2D eigenvalue weighted by molar-refractivity contribution is 5.83. The third-order valence-corrected chi connectivity index (χ3v) is 6.27. The zero-order chi connectivity index (χ0) is 21.3. The Morgan fingerprint density at radius 2 is 2.10 bits per heavy atom. The highest BCUT2D eigenvalue weighted by atomic mass is 16.5. The van der Waals surface area contributed by atoms with Crippen molar-refractivity contribution in [3.63, 3.8) is 0 Å². The molecule has 166 valence electrons. The minimum Gasteiger partial charge on any atom is -0.396 e. The first kappa shape index (κ1) is 21.4. The molecule has 9 heteroatoms. The molecule has 2 N–H and O–H groups in total. The van der Waals surface area contributed by atoms with Gasteiger partial charge in [0, 0.05) is 64.5 Å². The summed E-state index contributed by atoms with van der Waals surface area (Å²) in [5, 5.41) is 20.0. The van der Waals surface area contributed by atoms with E-state index in [1.807, 2.05) is 24.7 Å². The molecule has 0 spiro atoms. The van der Waals surface area contributed by atoms with E-state index in [2.05, 4.69) is 31.7 Å². The van der Waals surface area contributed by atoms with Crippen molar-refractivity contribution in [2.75, 3.05) is 50.9 Å². The Morgan fingerprint density at radius 3 is 2.77 bits per heavy atom. The average Bonchev–Trinajstić information content (AvgIpc) is 3.35. The summed E-state index contributed by atoms with van der Waals surface area (Å²) in [7, 11) is 0. The first-order chi connectivity index (χ1) is 14.4. The predicted molar refractivity (Wildman–Crippen MR) is 114 cm³/mol. The fraction of sp³-hybridized carbons (Fsp3) is 0.762. The van der Waals surface area contributed by atoms with Crippen LogP contribution in [0.25, 0.3) is 11.2 Å². The van der Waals surface area contributed by atoms with Crippen LogP contribution in [0, 0.1) is 11.8 Å². The number of hydrogen-bond donors (Lipinski definition) is 2. The van der Waals surface area contributed by atoms with E-state index in [1.165, 1.54) is 0 Å². The Hall–Kier alpha value is -1.81. The number of fused-ring (bicyclic) bond motifs is 1. The molecule has 0 saturated carbocycles. The summed E-state index contributed by atoms with van der Waals surface area (Å²) in [6.07, 6.45) is 4.42. The van der Waals surface area contributed by atoms with E-state index in [9.17, 15) is 10.2 Å². The molecule has 4 rings (SSSR count). The molecule has 2 fully saturated rings. The van der Waals surface area contributed by atoms with E-state index in [1.54, 1.807) is 6.33 Å². The van der Waals surface area contributed by atoms with Crippen molar-refractivity contribution in [3.8, 4) is 0 Å². The summed E-state index contributed by atoms with van der Waals surface area (Å²) in [5.74, 6) is 1.36. The Morgan fingerprint density at radius 1 is 1.27 bits per heavy atom. The van der Waals surface area contributed by atoms with Gasteiger partial charge in [0.2, 0.25) is 0 Å². The van der Waals surface area contributed by atoms with Gasteiger partial charge in [-0.25, -0.2) is 15.0 Å². The van der Waals surface area contributed by atoms with Gasteiger partial charge in [0.05, 0.1) is 11.9 Å². The van der Waals surface area contributed by atoms with Gasteiger partial charge in [-0.2, -0.15) is 0 Å². The molecule has 30 heavy (non-hydrogen) atoms. The minimum atomic E-state index is -0.698. The Bertz CT molecular complexity index is 845. The molecule has 0 amide bonds. The fourth-order valence-electron chi connectivity index (χ4n) is 4.78. The van der Waals surface area contributed by atoms with E-state index in [0.29, 0.717) is 25.6 Å². The van der Waals surface area contributed by atoms with Crippen LogP contribution in [0.4, 0.5) is 5.82 Å². The maximum atomic E-state index is 10.1. The molecule has 0 bridgehead atoms. The van der Waals surface area contributed by atoms with Crippen LogP contribution in [0.3, 0.4) is 0 Å². The maximum absolute atomic E-state index is 10.1. The lowest BCUT2D eigenvalue weighted by atomic mass is 9.92. The monoisotopic (exact) mass is 418 g/mol. The van der Waals surface area contributed by atoms with Crippen LogP contribution < -0.4 is 4.90 Å². The van der Waals surface area contributed by atoms with Gasteiger partial charge >= 0.3 is 0 Å². The van der Waals surface area contributed by atoms with Crippen LogP contribution in [0.5, 0.6) is 0 Å². The van der Waals surface area contributed by atoms with Gasteiger partial charge in [0.15, 0.2) is 17.0 Å². The largest absolute Gasteiger partial charge is 0.396 e. The van der Waals surface area contributed by atoms with Gasteiger partial charge in [0.25, 0.3) is 0 Å². The van der Waals surface area contributed by atoms with Crippen molar-refractivity contribution in [1.82, 2.24) is 24.4 Å². The van der Waals surface area contributed by atoms with Crippen molar-refractivity contribution in [1.29, 1.82) is 0 Å². The lowest BCUT2D eigenvalue weighted by molar-refractivity contribution is 0.0307. The highest BCUT2D eigenvalue weighted by Crippen LogP contribution is 2.28. The van der Waals surface area contributed by atoms with Gasteiger partial charge in [-0.3, -0.25) is 4.90 Å². The third kappa shape index (κ3) is 4.59. The lowest BCUT2D eigenvalue weighted by Gasteiger charge is -2.42. The molecule has 0 radical (unpaired) electrons. The number of aliphatic hydroxyl groups is 2. The summed E-state index contributed by atoms with van der Waals surface area (Å²) in [5.41, 5.74) is 0.916. The van der Waals surface area contributed by atoms with Crippen molar-refractivity contribution in [3.05, 3.63) is 12.7 Å². The van der Waals surface area contributed by atoms with Crippen molar-refractivity contribution >= 4 is 17.0 Å². The number of nitrogens with zero attached hydrogens (tertiary/aromatic N) is 6. The van der Waals surface area contributed by atoms with E-state index in [4.69, 9.17) is 4.74 Å². The smallest absolute Gasteiger partial charge is 0.165 e. The zero-order valence-corrected chi connectivity index (χ0v) is 18.2. The second-order valence-corrected chi connectivity index (χ2v) is 9.42. The number of aliphatic hydroxyl groups excluding tert-OH is 1. The number of hydrogen-bond acceptors (Lipinski definition) is 8. The zero-order valence-electron chi connectivity index (χ0n) is 18.2.